The van der Waals surface area contributed by atoms with E-state index in [1.165, 1.54) is 6.07 Å². The van der Waals surface area contributed by atoms with Crippen molar-refractivity contribution in [3.05, 3.63) is 47.5 Å². The van der Waals surface area contributed by atoms with Gasteiger partial charge in [0.2, 0.25) is 0 Å². The summed E-state index contributed by atoms with van der Waals surface area (Å²) in [6.45, 7) is 1.93. The first kappa shape index (κ1) is 13.8. The van der Waals surface area contributed by atoms with Gasteiger partial charge >= 0.3 is 0 Å². The summed E-state index contributed by atoms with van der Waals surface area (Å²) in [6.07, 6.45) is 2.30. The molecule has 3 rings (SSSR count). The van der Waals surface area contributed by atoms with E-state index in [0.717, 1.165) is 30.3 Å². The van der Waals surface area contributed by atoms with Gasteiger partial charge in [0.1, 0.15) is 23.3 Å². The summed E-state index contributed by atoms with van der Waals surface area (Å²) in [4.78, 5) is 9.03. The molecule has 110 valence electrons. The molecule has 0 saturated heterocycles. The van der Waals surface area contributed by atoms with Gasteiger partial charge in [-0.1, -0.05) is 18.2 Å². The second-order valence-corrected chi connectivity index (χ2v) is 5.41. The average molecular weight is 286 g/mol. The minimum Gasteiger partial charge on any atom is -0.373 e. The normalized spacial score (nSPS) is 15.6. The average Bonchev–Trinajstić information content (AvgIpc) is 3.32. The summed E-state index contributed by atoms with van der Waals surface area (Å²) in [5.41, 5.74) is 0.634. The van der Waals surface area contributed by atoms with Crippen molar-refractivity contribution in [3.8, 4) is 0 Å². The van der Waals surface area contributed by atoms with Crippen molar-refractivity contribution in [1.82, 2.24) is 9.97 Å². The lowest BCUT2D eigenvalue weighted by Crippen LogP contribution is -2.11. The lowest BCUT2D eigenvalue weighted by Gasteiger charge is -2.17. The summed E-state index contributed by atoms with van der Waals surface area (Å²) >= 11 is 0. The van der Waals surface area contributed by atoms with Gasteiger partial charge in [-0.15, -0.1) is 0 Å². The molecule has 0 radical (unpaired) electrons. The highest BCUT2D eigenvalue weighted by molar-refractivity contribution is 5.49. The molecule has 4 nitrogen and oxygen atoms in total. The van der Waals surface area contributed by atoms with Gasteiger partial charge in [0.05, 0.1) is 6.04 Å². The fourth-order valence-electron chi connectivity index (χ4n) is 2.32. The van der Waals surface area contributed by atoms with Crippen LogP contribution in [-0.2, 0) is 0 Å². The predicted molar refractivity (Wildman–Crippen MR) is 82.0 cm³/mol. The minimum absolute atomic E-state index is 0.155. The Morgan fingerprint density at radius 2 is 1.90 bits per heavy atom. The van der Waals surface area contributed by atoms with Crippen molar-refractivity contribution in [2.24, 2.45) is 0 Å². The lowest BCUT2D eigenvalue weighted by atomic mass is 10.1. The van der Waals surface area contributed by atoms with Gasteiger partial charge < -0.3 is 10.6 Å². The molecular weight excluding hydrogens is 267 g/mol. The van der Waals surface area contributed by atoms with Crippen LogP contribution in [0, 0.1) is 5.82 Å². The van der Waals surface area contributed by atoms with Gasteiger partial charge in [-0.25, -0.2) is 14.4 Å². The highest BCUT2D eigenvalue weighted by Gasteiger charge is 2.27. The number of benzene rings is 1. The number of nitrogens with one attached hydrogen (secondary N) is 2. The zero-order chi connectivity index (χ0) is 14.8. The molecule has 1 aliphatic rings. The third kappa shape index (κ3) is 3.12. The molecule has 1 aliphatic carbocycles. The standard InChI is InChI=1S/C16H19FN4/c1-10(12-5-3-4-6-13(12)17)19-15-9-14(18-2)20-16(21-15)11-7-8-11/h3-6,9-11H,7-8H2,1-2H3,(H2,18,19,20,21). The molecule has 0 bridgehead atoms. The molecule has 1 heterocycles. The number of nitrogens with zero attached hydrogens (tertiary/aromatic N) is 2. The Hall–Kier alpha value is -2.17. The van der Waals surface area contributed by atoms with E-state index >= 15 is 0 Å². The van der Waals surface area contributed by atoms with Crippen molar-refractivity contribution < 1.29 is 4.39 Å². The molecule has 1 atom stereocenters. The monoisotopic (exact) mass is 286 g/mol. The Bertz CT molecular complexity index is 640. The van der Waals surface area contributed by atoms with Crippen molar-refractivity contribution in [2.45, 2.75) is 31.7 Å². The van der Waals surface area contributed by atoms with E-state index in [0.29, 0.717) is 11.5 Å². The van der Waals surface area contributed by atoms with Gasteiger partial charge in [-0.05, 0) is 25.8 Å². The molecule has 2 N–H and O–H groups in total. The van der Waals surface area contributed by atoms with Crippen molar-refractivity contribution in [1.29, 1.82) is 0 Å². The number of hydrogen-bond acceptors (Lipinski definition) is 4. The van der Waals surface area contributed by atoms with E-state index in [-0.39, 0.29) is 11.9 Å². The summed E-state index contributed by atoms with van der Waals surface area (Å²) < 4.78 is 13.8. The fraction of sp³-hybridized carbons (Fsp3) is 0.375. The van der Waals surface area contributed by atoms with E-state index in [1.54, 1.807) is 12.1 Å². The highest BCUT2D eigenvalue weighted by atomic mass is 19.1. The summed E-state index contributed by atoms with van der Waals surface area (Å²) in [5.74, 6) is 2.65. The third-order valence-electron chi connectivity index (χ3n) is 3.68. The van der Waals surface area contributed by atoms with Crippen LogP contribution in [0.1, 0.15) is 43.1 Å². The molecule has 2 aromatic rings. The number of hydrogen-bond donors (Lipinski definition) is 2. The maximum absolute atomic E-state index is 13.8. The predicted octanol–water partition coefficient (Wildman–Crippen LogP) is 3.71. The van der Waals surface area contributed by atoms with Crippen LogP contribution < -0.4 is 10.6 Å². The van der Waals surface area contributed by atoms with Crippen LogP contribution in [0.15, 0.2) is 30.3 Å². The molecule has 0 amide bonds. The summed E-state index contributed by atoms with van der Waals surface area (Å²) in [7, 11) is 1.84. The van der Waals surface area contributed by atoms with Crippen LogP contribution in [-0.4, -0.2) is 17.0 Å². The van der Waals surface area contributed by atoms with E-state index in [2.05, 4.69) is 20.6 Å². The molecule has 1 fully saturated rings. The topological polar surface area (TPSA) is 49.8 Å². The van der Waals surface area contributed by atoms with Crippen LogP contribution >= 0.6 is 0 Å². The number of rotatable bonds is 5. The molecule has 5 heteroatoms. The van der Waals surface area contributed by atoms with Crippen LogP contribution in [0.25, 0.3) is 0 Å². The molecule has 1 unspecified atom stereocenters. The van der Waals surface area contributed by atoms with Gasteiger partial charge in [-0.2, -0.15) is 0 Å². The molecule has 0 spiro atoms. The number of halogens is 1. The number of anilines is 2. The zero-order valence-electron chi connectivity index (χ0n) is 12.2. The minimum atomic E-state index is -0.206. The zero-order valence-corrected chi connectivity index (χ0v) is 12.2. The smallest absolute Gasteiger partial charge is 0.136 e. The lowest BCUT2D eigenvalue weighted by molar-refractivity contribution is 0.600. The van der Waals surface area contributed by atoms with Gasteiger partial charge in [0.15, 0.2) is 0 Å². The number of aromatic nitrogens is 2. The van der Waals surface area contributed by atoms with Gasteiger partial charge in [0.25, 0.3) is 0 Å². The Balaban J connectivity index is 1.83. The van der Waals surface area contributed by atoms with Crippen molar-refractivity contribution in [3.63, 3.8) is 0 Å². The molecule has 1 aromatic carbocycles. The molecule has 0 aliphatic heterocycles. The molecule has 1 aromatic heterocycles. The van der Waals surface area contributed by atoms with Crippen molar-refractivity contribution >= 4 is 11.6 Å². The van der Waals surface area contributed by atoms with E-state index in [9.17, 15) is 4.39 Å². The molecule has 21 heavy (non-hydrogen) atoms. The molecular formula is C16H19FN4. The quantitative estimate of drug-likeness (QED) is 0.879. The fourth-order valence-corrected chi connectivity index (χ4v) is 2.32. The Morgan fingerprint density at radius 3 is 2.57 bits per heavy atom. The van der Waals surface area contributed by atoms with E-state index in [4.69, 9.17) is 0 Å². The summed E-state index contributed by atoms with van der Waals surface area (Å²) in [6, 6.07) is 8.49. The van der Waals surface area contributed by atoms with Gasteiger partial charge in [-0.3, -0.25) is 0 Å². The molecule has 1 saturated carbocycles. The van der Waals surface area contributed by atoms with E-state index < -0.39 is 0 Å². The highest BCUT2D eigenvalue weighted by Crippen LogP contribution is 2.39. The van der Waals surface area contributed by atoms with Crippen LogP contribution in [0.2, 0.25) is 0 Å². The van der Waals surface area contributed by atoms with Crippen molar-refractivity contribution in [2.75, 3.05) is 17.7 Å². The Kier molecular flexibility index (Phi) is 3.73. The van der Waals surface area contributed by atoms with Gasteiger partial charge in [0, 0.05) is 24.6 Å². The summed E-state index contributed by atoms with van der Waals surface area (Å²) in [5, 5.41) is 6.32. The Labute approximate surface area is 123 Å². The second kappa shape index (κ2) is 5.68. The first-order chi connectivity index (χ1) is 10.2. The SMILES string of the molecule is CNc1cc(NC(C)c2ccccc2F)nc(C2CC2)n1. The van der Waals surface area contributed by atoms with Crippen LogP contribution in [0.3, 0.4) is 0 Å². The third-order valence-corrected chi connectivity index (χ3v) is 3.68. The first-order valence-electron chi connectivity index (χ1n) is 7.25. The largest absolute Gasteiger partial charge is 0.373 e. The Morgan fingerprint density at radius 1 is 1.19 bits per heavy atom. The maximum Gasteiger partial charge on any atom is 0.136 e. The van der Waals surface area contributed by atoms with Crippen LogP contribution in [0.4, 0.5) is 16.0 Å². The maximum atomic E-state index is 13.8. The van der Waals surface area contributed by atoms with Crippen LogP contribution in [0.5, 0.6) is 0 Å². The van der Waals surface area contributed by atoms with E-state index in [1.807, 2.05) is 26.1 Å². The first-order valence-corrected chi connectivity index (χ1v) is 7.25. The second-order valence-electron chi connectivity index (χ2n) is 5.41.